The van der Waals surface area contributed by atoms with E-state index in [0.29, 0.717) is 6.04 Å². The SMILES string of the molecule is CCCC(CC)N1CCCC(CCC)(C(=O)O)C1. The molecule has 3 heteroatoms. The molecule has 0 aromatic heterocycles. The highest BCUT2D eigenvalue weighted by Crippen LogP contribution is 2.36. The summed E-state index contributed by atoms with van der Waals surface area (Å²) in [4.78, 5) is 14.1. The zero-order chi connectivity index (χ0) is 13.6. The average Bonchev–Trinajstić information content (AvgIpc) is 2.36. The minimum atomic E-state index is -0.583. The van der Waals surface area contributed by atoms with Crippen LogP contribution in [0.15, 0.2) is 0 Å². The lowest BCUT2D eigenvalue weighted by Gasteiger charge is -2.43. The Labute approximate surface area is 112 Å². The summed E-state index contributed by atoms with van der Waals surface area (Å²) in [7, 11) is 0. The van der Waals surface area contributed by atoms with Gasteiger partial charge in [0.05, 0.1) is 5.41 Å². The molecule has 0 aromatic rings. The topological polar surface area (TPSA) is 40.5 Å². The molecule has 0 saturated carbocycles. The monoisotopic (exact) mass is 255 g/mol. The zero-order valence-corrected chi connectivity index (χ0v) is 12.2. The molecular weight excluding hydrogens is 226 g/mol. The highest BCUT2D eigenvalue weighted by atomic mass is 16.4. The molecule has 0 aliphatic carbocycles. The normalized spacial score (nSPS) is 27.1. The van der Waals surface area contributed by atoms with E-state index in [-0.39, 0.29) is 0 Å². The number of aliphatic carboxylic acids is 1. The predicted molar refractivity (Wildman–Crippen MR) is 74.8 cm³/mol. The van der Waals surface area contributed by atoms with E-state index in [1.165, 1.54) is 12.8 Å². The van der Waals surface area contributed by atoms with Crippen molar-refractivity contribution < 1.29 is 9.90 Å². The summed E-state index contributed by atoms with van der Waals surface area (Å²) in [6.45, 7) is 8.36. The van der Waals surface area contributed by atoms with Crippen molar-refractivity contribution in [2.45, 2.75) is 71.8 Å². The van der Waals surface area contributed by atoms with Gasteiger partial charge >= 0.3 is 5.97 Å². The van der Waals surface area contributed by atoms with Gasteiger partial charge in [-0.15, -0.1) is 0 Å². The molecule has 0 radical (unpaired) electrons. The number of nitrogens with zero attached hydrogens (tertiary/aromatic N) is 1. The molecule has 1 N–H and O–H groups in total. The average molecular weight is 255 g/mol. The van der Waals surface area contributed by atoms with Crippen LogP contribution >= 0.6 is 0 Å². The van der Waals surface area contributed by atoms with Crippen LogP contribution in [0.25, 0.3) is 0 Å². The Hall–Kier alpha value is -0.570. The van der Waals surface area contributed by atoms with Gasteiger partial charge in [-0.25, -0.2) is 0 Å². The second kappa shape index (κ2) is 7.13. The maximum absolute atomic E-state index is 11.7. The molecule has 1 rings (SSSR count). The first kappa shape index (κ1) is 15.5. The van der Waals surface area contributed by atoms with Crippen molar-refractivity contribution in [2.75, 3.05) is 13.1 Å². The second-order valence-electron chi connectivity index (χ2n) is 5.76. The molecule has 1 aliphatic rings. The van der Waals surface area contributed by atoms with E-state index in [9.17, 15) is 9.90 Å². The number of piperidine rings is 1. The first-order valence-electron chi connectivity index (χ1n) is 7.57. The Morgan fingerprint density at radius 3 is 2.56 bits per heavy atom. The Kier molecular flexibility index (Phi) is 6.13. The first-order chi connectivity index (χ1) is 8.59. The molecule has 2 unspecified atom stereocenters. The van der Waals surface area contributed by atoms with Gasteiger partial charge in [0, 0.05) is 12.6 Å². The number of hydrogen-bond donors (Lipinski definition) is 1. The van der Waals surface area contributed by atoms with Gasteiger partial charge in [-0.2, -0.15) is 0 Å². The van der Waals surface area contributed by atoms with Gasteiger partial charge < -0.3 is 5.11 Å². The van der Waals surface area contributed by atoms with E-state index in [2.05, 4.69) is 25.7 Å². The van der Waals surface area contributed by atoms with Crippen LogP contribution in [0.4, 0.5) is 0 Å². The van der Waals surface area contributed by atoms with E-state index < -0.39 is 11.4 Å². The van der Waals surface area contributed by atoms with Crippen LogP contribution in [0.3, 0.4) is 0 Å². The predicted octanol–water partition coefficient (Wildman–Crippen LogP) is 3.53. The molecule has 0 aromatic carbocycles. The maximum Gasteiger partial charge on any atom is 0.310 e. The maximum atomic E-state index is 11.7. The highest BCUT2D eigenvalue weighted by molar-refractivity contribution is 5.75. The van der Waals surface area contributed by atoms with Crippen molar-refractivity contribution >= 4 is 5.97 Å². The lowest BCUT2D eigenvalue weighted by molar-refractivity contribution is -0.154. The van der Waals surface area contributed by atoms with Gasteiger partial charge in [0.25, 0.3) is 0 Å². The molecule has 1 aliphatic heterocycles. The Bertz CT molecular complexity index is 263. The molecule has 3 nitrogen and oxygen atoms in total. The smallest absolute Gasteiger partial charge is 0.310 e. The molecule has 0 amide bonds. The number of hydrogen-bond acceptors (Lipinski definition) is 2. The van der Waals surface area contributed by atoms with Crippen molar-refractivity contribution in [3.05, 3.63) is 0 Å². The molecule has 1 saturated heterocycles. The van der Waals surface area contributed by atoms with Gasteiger partial charge in [-0.05, 0) is 38.6 Å². The van der Waals surface area contributed by atoms with Crippen LogP contribution in [-0.4, -0.2) is 35.1 Å². The molecule has 0 bridgehead atoms. The number of carboxylic acids is 1. The standard InChI is InChI=1S/C15H29NO2/c1-4-8-13(6-3)16-11-7-10-15(12-16,9-5-2)14(17)18/h13H,4-12H2,1-3H3,(H,17,18). The van der Waals surface area contributed by atoms with Crippen LogP contribution in [0.2, 0.25) is 0 Å². The van der Waals surface area contributed by atoms with Crippen molar-refractivity contribution in [3.8, 4) is 0 Å². The number of likely N-dealkylation sites (tertiary alicyclic amines) is 1. The number of rotatable bonds is 7. The molecule has 2 atom stereocenters. The Morgan fingerprint density at radius 2 is 2.06 bits per heavy atom. The fraction of sp³-hybridized carbons (Fsp3) is 0.933. The van der Waals surface area contributed by atoms with E-state index in [1.54, 1.807) is 0 Å². The minimum absolute atomic E-state index is 0.478. The summed E-state index contributed by atoms with van der Waals surface area (Å²) >= 11 is 0. The summed E-state index contributed by atoms with van der Waals surface area (Å²) in [6.07, 6.45) is 7.19. The van der Waals surface area contributed by atoms with E-state index >= 15 is 0 Å². The molecule has 1 fully saturated rings. The third-order valence-corrected chi connectivity index (χ3v) is 4.40. The number of carboxylic acid groups (broad SMARTS) is 1. The Balaban J connectivity index is 2.76. The van der Waals surface area contributed by atoms with E-state index in [4.69, 9.17) is 0 Å². The van der Waals surface area contributed by atoms with Crippen LogP contribution in [0.5, 0.6) is 0 Å². The minimum Gasteiger partial charge on any atom is -0.481 e. The van der Waals surface area contributed by atoms with Crippen LogP contribution < -0.4 is 0 Å². The fourth-order valence-corrected chi connectivity index (χ4v) is 3.42. The highest BCUT2D eigenvalue weighted by Gasteiger charge is 2.42. The van der Waals surface area contributed by atoms with Crippen molar-refractivity contribution in [1.82, 2.24) is 4.90 Å². The molecule has 1 heterocycles. The molecule has 106 valence electrons. The Morgan fingerprint density at radius 1 is 1.33 bits per heavy atom. The van der Waals surface area contributed by atoms with Gasteiger partial charge in [-0.1, -0.05) is 33.6 Å². The van der Waals surface area contributed by atoms with Crippen LogP contribution in [-0.2, 0) is 4.79 Å². The van der Waals surface area contributed by atoms with Crippen LogP contribution in [0.1, 0.15) is 65.7 Å². The van der Waals surface area contributed by atoms with Crippen molar-refractivity contribution in [2.24, 2.45) is 5.41 Å². The van der Waals surface area contributed by atoms with E-state index in [0.717, 1.165) is 45.2 Å². The molecule has 18 heavy (non-hydrogen) atoms. The fourth-order valence-electron chi connectivity index (χ4n) is 3.42. The third-order valence-electron chi connectivity index (χ3n) is 4.40. The molecule has 0 spiro atoms. The lowest BCUT2D eigenvalue weighted by Crippen LogP contribution is -2.51. The second-order valence-corrected chi connectivity index (χ2v) is 5.76. The summed E-state index contributed by atoms with van der Waals surface area (Å²) in [6, 6.07) is 0.575. The van der Waals surface area contributed by atoms with Gasteiger partial charge in [-0.3, -0.25) is 9.69 Å². The summed E-state index contributed by atoms with van der Waals surface area (Å²) in [5, 5.41) is 9.60. The first-order valence-corrected chi connectivity index (χ1v) is 7.57. The van der Waals surface area contributed by atoms with Crippen LogP contribution in [0, 0.1) is 5.41 Å². The summed E-state index contributed by atoms with van der Waals surface area (Å²) < 4.78 is 0. The largest absolute Gasteiger partial charge is 0.481 e. The van der Waals surface area contributed by atoms with Gasteiger partial charge in [0.1, 0.15) is 0 Å². The molecular formula is C15H29NO2. The van der Waals surface area contributed by atoms with Gasteiger partial charge in [0.2, 0.25) is 0 Å². The van der Waals surface area contributed by atoms with Crippen molar-refractivity contribution in [1.29, 1.82) is 0 Å². The lowest BCUT2D eigenvalue weighted by atomic mass is 9.75. The van der Waals surface area contributed by atoms with Crippen molar-refractivity contribution in [3.63, 3.8) is 0 Å². The van der Waals surface area contributed by atoms with E-state index in [1.807, 2.05) is 0 Å². The number of carbonyl (C=O) groups is 1. The summed E-state index contributed by atoms with van der Waals surface area (Å²) in [5.41, 5.74) is -0.478. The summed E-state index contributed by atoms with van der Waals surface area (Å²) in [5.74, 6) is -0.583. The quantitative estimate of drug-likeness (QED) is 0.756. The van der Waals surface area contributed by atoms with Gasteiger partial charge in [0.15, 0.2) is 0 Å². The zero-order valence-electron chi connectivity index (χ0n) is 12.2. The third kappa shape index (κ3) is 3.47.